The molecule has 3 atom stereocenters. The number of anilines is 1. The largest absolute Gasteiger partial charge is 0.496 e. The molecular weight excluding hydrogens is 236 g/mol. The van der Waals surface area contributed by atoms with Crippen molar-refractivity contribution < 1.29 is 4.74 Å². The Hall–Kier alpha value is -1.22. The summed E-state index contributed by atoms with van der Waals surface area (Å²) in [5.41, 5.74) is 8.61. The molecule has 3 heteroatoms. The first-order chi connectivity index (χ1) is 9.20. The van der Waals surface area contributed by atoms with E-state index in [0.29, 0.717) is 0 Å². The minimum absolute atomic E-state index is 0.00610. The van der Waals surface area contributed by atoms with Gasteiger partial charge in [0.15, 0.2) is 0 Å². The molecule has 1 heterocycles. The van der Waals surface area contributed by atoms with Gasteiger partial charge in [-0.3, -0.25) is 0 Å². The van der Waals surface area contributed by atoms with Crippen LogP contribution in [0.15, 0.2) is 18.2 Å². The van der Waals surface area contributed by atoms with Crippen molar-refractivity contribution in [2.75, 3.05) is 25.1 Å². The Labute approximate surface area is 115 Å². The smallest absolute Gasteiger partial charge is 0.125 e. The monoisotopic (exact) mass is 260 g/mol. The zero-order valence-electron chi connectivity index (χ0n) is 11.9. The molecule has 0 bridgehead atoms. The van der Waals surface area contributed by atoms with Gasteiger partial charge in [0.05, 0.1) is 7.11 Å². The summed E-state index contributed by atoms with van der Waals surface area (Å²) in [6.45, 7) is 4.42. The van der Waals surface area contributed by atoms with Crippen LogP contribution < -0.4 is 15.4 Å². The molecule has 1 saturated carbocycles. The van der Waals surface area contributed by atoms with E-state index in [1.807, 2.05) is 13.0 Å². The maximum atomic E-state index is 6.17. The molecule has 0 radical (unpaired) electrons. The van der Waals surface area contributed by atoms with E-state index in [0.717, 1.165) is 23.1 Å². The number of rotatable bonds is 3. The van der Waals surface area contributed by atoms with Crippen LogP contribution in [0.25, 0.3) is 0 Å². The van der Waals surface area contributed by atoms with Crippen LogP contribution in [-0.2, 0) is 0 Å². The maximum absolute atomic E-state index is 6.17. The van der Waals surface area contributed by atoms with Crippen molar-refractivity contribution in [1.82, 2.24) is 0 Å². The lowest BCUT2D eigenvalue weighted by Crippen LogP contribution is -2.24. The van der Waals surface area contributed by atoms with E-state index in [-0.39, 0.29) is 6.04 Å². The van der Waals surface area contributed by atoms with Crippen molar-refractivity contribution in [3.63, 3.8) is 0 Å². The van der Waals surface area contributed by atoms with Crippen molar-refractivity contribution >= 4 is 5.69 Å². The first-order valence-corrected chi connectivity index (χ1v) is 7.38. The Morgan fingerprint density at radius 2 is 1.95 bits per heavy atom. The van der Waals surface area contributed by atoms with Gasteiger partial charge in [-0.15, -0.1) is 0 Å². The standard InChI is InChI=1S/C16H24N2O/c1-11(17)16-14(7-4-8-15(16)19-2)18-9-12-5-3-6-13(12)10-18/h4,7-8,11-13H,3,5-6,9-10,17H2,1-2H3. The number of hydrogen-bond donors (Lipinski definition) is 1. The van der Waals surface area contributed by atoms with Gasteiger partial charge in [0.25, 0.3) is 0 Å². The van der Waals surface area contributed by atoms with E-state index < -0.39 is 0 Å². The predicted molar refractivity (Wildman–Crippen MR) is 78.6 cm³/mol. The number of ether oxygens (including phenoxy) is 1. The molecule has 2 N–H and O–H groups in total. The summed E-state index contributed by atoms with van der Waals surface area (Å²) in [5, 5.41) is 0. The van der Waals surface area contributed by atoms with Crippen molar-refractivity contribution in [2.24, 2.45) is 17.6 Å². The molecule has 1 aromatic carbocycles. The molecule has 1 aliphatic heterocycles. The molecule has 3 unspecified atom stereocenters. The number of nitrogens with two attached hydrogens (primary N) is 1. The topological polar surface area (TPSA) is 38.5 Å². The molecule has 3 nitrogen and oxygen atoms in total. The number of hydrogen-bond acceptors (Lipinski definition) is 3. The molecule has 104 valence electrons. The van der Waals surface area contributed by atoms with Crippen LogP contribution in [0, 0.1) is 11.8 Å². The average molecular weight is 260 g/mol. The summed E-state index contributed by atoms with van der Waals surface area (Å²) in [6, 6.07) is 6.29. The Balaban J connectivity index is 1.92. The minimum atomic E-state index is 0.00610. The van der Waals surface area contributed by atoms with Crippen LogP contribution in [0.5, 0.6) is 5.75 Å². The SMILES string of the molecule is COc1cccc(N2CC3CCCC3C2)c1C(C)N. The van der Waals surface area contributed by atoms with Crippen LogP contribution >= 0.6 is 0 Å². The van der Waals surface area contributed by atoms with Gasteiger partial charge in [0.1, 0.15) is 5.75 Å². The quantitative estimate of drug-likeness (QED) is 0.908. The molecule has 1 aromatic rings. The van der Waals surface area contributed by atoms with Gasteiger partial charge in [-0.1, -0.05) is 12.5 Å². The van der Waals surface area contributed by atoms with Crippen LogP contribution in [0.2, 0.25) is 0 Å². The van der Waals surface area contributed by atoms with Crippen molar-refractivity contribution in [3.05, 3.63) is 23.8 Å². The maximum Gasteiger partial charge on any atom is 0.125 e. The molecule has 0 spiro atoms. The van der Waals surface area contributed by atoms with E-state index in [4.69, 9.17) is 10.5 Å². The first kappa shape index (κ1) is 12.8. The van der Waals surface area contributed by atoms with E-state index in [1.165, 1.54) is 38.0 Å². The van der Waals surface area contributed by atoms with Crippen LogP contribution in [-0.4, -0.2) is 20.2 Å². The third-order valence-electron chi connectivity index (χ3n) is 4.79. The first-order valence-electron chi connectivity index (χ1n) is 7.38. The fourth-order valence-electron chi connectivity index (χ4n) is 3.88. The number of fused-ring (bicyclic) bond motifs is 1. The predicted octanol–water partition coefficient (Wildman–Crippen LogP) is 2.95. The fourth-order valence-corrected chi connectivity index (χ4v) is 3.88. The van der Waals surface area contributed by atoms with Gasteiger partial charge in [-0.05, 0) is 43.7 Å². The lowest BCUT2D eigenvalue weighted by molar-refractivity contribution is 0.407. The summed E-state index contributed by atoms with van der Waals surface area (Å²) in [6.07, 6.45) is 4.22. The number of methoxy groups -OCH3 is 1. The van der Waals surface area contributed by atoms with Gasteiger partial charge >= 0.3 is 0 Å². The Kier molecular flexibility index (Phi) is 3.40. The van der Waals surface area contributed by atoms with Crippen LogP contribution in [0.3, 0.4) is 0 Å². The lowest BCUT2D eigenvalue weighted by atomic mass is 10.0. The third kappa shape index (κ3) is 2.20. The Morgan fingerprint density at radius 3 is 2.53 bits per heavy atom. The van der Waals surface area contributed by atoms with Gasteiger partial charge in [0, 0.05) is 30.4 Å². The van der Waals surface area contributed by atoms with Gasteiger partial charge in [-0.2, -0.15) is 0 Å². The summed E-state index contributed by atoms with van der Waals surface area (Å²) in [4.78, 5) is 2.52. The fraction of sp³-hybridized carbons (Fsp3) is 0.625. The molecule has 1 aliphatic carbocycles. The second-order valence-electron chi connectivity index (χ2n) is 6.04. The lowest BCUT2D eigenvalue weighted by Gasteiger charge is -2.26. The molecule has 2 fully saturated rings. The Morgan fingerprint density at radius 1 is 1.26 bits per heavy atom. The van der Waals surface area contributed by atoms with Gasteiger partial charge in [-0.25, -0.2) is 0 Å². The van der Waals surface area contributed by atoms with Crippen molar-refractivity contribution in [1.29, 1.82) is 0 Å². The molecule has 3 rings (SSSR count). The normalized spacial score (nSPS) is 27.4. The summed E-state index contributed by atoms with van der Waals surface area (Å²) in [7, 11) is 1.73. The van der Waals surface area contributed by atoms with Crippen molar-refractivity contribution in [3.8, 4) is 5.75 Å². The Bertz CT molecular complexity index is 446. The summed E-state index contributed by atoms with van der Waals surface area (Å²) >= 11 is 0. The number of benzene rings is 1. The van der Waals surface area contributed by atoms with E-state index in [1.54, 1.807) is 7.11 Å². The summed E-state index contributed by atoms with van der Waals surface area (Å²) < 4.78 is 5.49. The second-order valence-corrected chi connectivity index (χ2v) is 6.04. The average Bonchev–Trinajstić information content (AvgIpc) is 2.98. The van der Waals surface area contributed by atoms with Gasteiger partial charge < -0.3 is 15.4 Å². The molecular formula is C16H24N2O. The number of nitrogens with zero attached hydrogens (tertiary/aromatic N) is 1. The van der Waals surface area contributed by atoms with Crippen molar-refractivity contribution in [2.45, 2.75) is 32.2 Å². The molecule has 1 saturated heterocycles. The van der Waals surface area contributed by atoms with Gasteiger partial charge in [0.2, 0.25) is 0 Å². The highest BCUT2D eigenvalue weighted by Crippen LogP contribution is 2.42. The summed E-state index contributed by atoms with van der Waals surface area (Å²) in [5.74, 6) is 2.71. The molecule has 2 aliphatic rings. The third-order valence-corrected chi connectivity index (χ3v) is 4.79. The zero-order chi connectivity index (χ0) is 13.4. The van der Waals surface area contributed by atoms with E-state index in [2.05, 4.69) is 17.0 Å². The van der Waals surface area contributed by atoms with E-state index >= 15 is 0 Å². The highest BCUT2D eigenvalue weighted by atomic mass is 16.5. The van der Waals surface area contributed by atoms with Crippen LogP contribution in [0.1, 0.15) is 37.8 Å². The second kappa shape index (κ2) is 5.04. The minimum Gasteiger partial charge on any atom is -0.496 e. The zero-order valence-corrected chi connectivity index (χ0v) is 11.9. The highest BCUT2D eigenvalue weighted by Gasteiger charge is 2.37. The van der Waals surface area contributed by atoms with E-state index in [9.17, 15) is 0 Å². The molecule has 19 heavy (non-hydrogen) atoms. The highest BCUT2D eigenvalue weighted by molar-refractivity contribution is 5.61. The molecule has 0 aromatic heterocycles. The molecule has 0 amide bonds. The van der Waals surface area contributed by atoms with Crippen LogP contribution in [0.4, 0.5) is 5.69 Å².